The number of carbonyl (C=O) groups excluding carboxylic acids is 1. The van der Waals surface area contributed by atoms with Gasteiger partial charge in [-0.25, -0.2) is 14.4 Å². The maximum absolute atomic E-state index is 12.7. The van der Waals surface area contributed by atoms with Crippen molar-refractivity contribution in [2.45, 2.75) is 6.42 Å². The van der Waals surface area contributed by atoms with E-state index in [-0.39, 0.29) is 24.1 Å². The fourth-order valence-electron chi connectivity index (χ4n) is 1.33. The summed E-state index contributed by atoms with van der Waals surface area (Å²) in [7, 11) is 0. The van der Waals surface area contributed by atoms with Gasteiger partial charge in [0.2, 0.25) is 11.9 Å². The molecule has 0 unspecified atom stereocenters. The molecular formula is C12H9BrFN3O. The number of nitrogens with zero attached hydrogens (tertiary/aromatic N) is 2. The van der Waals surface area contributed by atoms with Gasteiger partial charge in [0, 0.05) is 12.4 Å². The molecule has 1 amide bonds. The second kappa shape index (κ2) is 5.68. The highest BCUT2D eigenvalue weighted by Gasteiger charge is 2.05. The zero-order valence-electron chi connectivity index (χ0n) is 9.23. The Morgan fingerprint density at radius 3 is 2.44 bits per heavy atom. The number of benzene rings is 1. The van der Waals surface area contributed by atoms with Crippen LogP contribution in [-0.4, -0.2) is 15.9 Å². The predicted octanol–water partition coefficient (Wildman–Crippen LogP) is 2.56. The SMILES string of the molecule is O=C(Cc1ccc(F)cc1)Nc1ncc(Br)cn1. The second-order valence-corrected chi connectivity index (χ2v) is 4.49. The van der Waals surface area contributed by atoms with E-state index in [2.05, 4.69) is 31.2 Å². The van der Waals surface area contributed by atoms with Crippen LogP contribution in [0.4, 0.5) is 10.3 Å². The van der Waals surface area contributed by atoms with Gasteiger partial charge >= 0.3 is 0 Å². The molecule has 0 radical (unpaired) electrons. The summed E-state index contributed by atoms with van der Waals surface area (Å²) in [5, 5.41) is 2.56. The van der Waals surface area contributed by atoms with Crippen molar-refractivity contribution >= 4 is 27.8 Å². The standard InChI is InChI=1S/C12H9BrFN3O/c13-9-6-15-12(16-7-9)17-11(18)5-8-1-3-10(14)4-2-8/h1-4,6-7H,5H2,(H,15,16,17,18). The Hall–Kier alpha value is -1.82. The van der Waals surface area contributed by atoms with E-state index in [9.17, 15) is 9.18 Å². The highest BCUT2D eigenvalue weighted by molar-refractivity contribution is 9.10. The van der Waals surface area contributed by atoms with Gasteiger partial charge in [-0.1, -0.05) is 12.1 Å². The molecule has 92 valence electrons. The minimum Gasteiger partial charge on any atom is -0.294 e. The van der Waals surface area contributed by atoms with Crippen LogP contribution in [0.3, 0.4) is 0 Å². The van der Waals surface area contributed by atoms with Gasteiger partial charge in [0.15, 0.2) is 0 Å². The highest BCUT2D eigenvalue weighted by Crippen LogP contribution is 2.08. The zero-order chi connectivity index (χ0) is 13.0. The van der Waals surface area contributed by atoms with Crippen LogP contribution in [-0.2, 0) is 11.2 Å². The van der Waals surface area contributed by atoms with Gasteiger partial charge in [-0.15, -0.1) is 0 Å². The Bertz CT molecular complexity index is 493. The van der Waals surface area contributed by atoms with Crippen LogP contribution in [0, 0.1) is 5.82 Å². The largest absolute Gasteiger partial charge is 0.294 e. The van der Waals surface area contributed by atoms with E-state index in [4.69, 9.17) is 0 Å². The van der Waals surface area contributed by atoms with E-state index < -0.39 is 0 Å². The van der Waals surface area contributed by atoms with Gasteiger partial charge in [0.25, 0.3) is 0 Å². The molecule has 2 aromatic rings. The van der Waals surface area contributed by atoms with E-state index in [0.29, 0.717) is 0 Å². The van der Waals surface area contributed by atoms with Gasteiger partial charge in [0.05, 0.1) is 10.9 Å². The van der Waals surface area contributed by atoms with Gasteiger partial charge in [-0.05, 0) is 33.6 Å². The van der Waals surface area contributed by atoms with E-state index in [1.807, 2.05) is 0 Å². The first-order valence-electron chi connectivity index (χ1n) is 5.15. The van der Waals surface area contributed by atoms with Crippen molar-refractivity contribution < 1.29 is 9.18 Å². The lowest BCUT2D eigenvalue weighted by Gasteiger charge is -2.03. The van der Waals surface area contributed by atoms with Crippen LogP contribution in [0.5, 0.6) is 0 Å². The smallest absolute Gasteiger partial charge is 0.231 e. The minimum absolute atomic E-state index is 0.152. The molecule has 1 N–H and O–H groups in total. The average molecular weight is 310 g/mol. The first-order chi connectivity index (χ1) is 8.63. The number of carbonyl (C=O) groups is 1. The van der Waals surface area contributed by atoms with Gasteiger partial charge in [-0.2, -0.15) is 0 Å². The maximum atomic E-state index is 12.7. The maximum Gasteiger partial charge on any atom is 0.231 e. The number of anilines is 1. The molecule has 1 aromatic carbocycles. The number of amides is 1. The van der Waals surface area contributed by atoms with E-state index in [0.717, 1.165) is 10.0 Å². The van der Waals surface area contributed by atoms with Gasteiger partial charge < -0.3 is 0 Å². The molecule has 2 rings (SSSR count). The number of rotatable bonds is 3. The monoisotopic (exact) mass is 309 g/mol. The van der Waals surface area contributed by atoms with Crippen LogP contribution < -0.4 is 5.32 Å². The molecule has 0 bridgehead atoms. The number of hydrogen-bond acceptors (Lipinski definition) is 3. The summed E-state index contributed by atoms with van der Waals surface area (Å²) in [4.78, 5) is 19.5. The van der Waals surface area contributed by atoms with E-state index >= 15 is 0 Å². The molecule has 0 atom stereocenters. The first-order valence-corrected chi connectivity index (χ1v) is 5.94. The molecule has 0 aliphatic rings. The summed E-state index contributed by atoms with van der Waals surface area (Å²) in [5.74, 6) is -0.329. The molecule has 0 saturated carbocycles. The lowest BCUT2D eigenvalue weighted by molar-refractivity contribution is -0.115. The molecule has 1 heterocycles. The molecule has 0 spiro atoms. The van der Waals surface area contributed by atoms with Crippen LogP contribution in [0.25, 0.3) is 0 Å². The van der Waals surface area contributed by atoms with Gasteiger partial charge in [0.1, 0.15) is 5.82 Å². The van der Waals surface area contributed by atoms with Crippen molar-refractivity contribution in [3.8, 4) is 0 Å². The number of nitrogens with one attached hydrogen (secondary N) is 1. The quantitative estimate of drug-likeness (QED) is 0.948. The molecule has 0 saturated heterocycles. The second-order valence-electron chi connectivity index (χ2n) is 3.58. The molecule has 0 aliphatic heterocycles. The molecule has 6 heteroatoms. The molecule has 0 aliphatic carbocycles. The van der Waals surface area contributed by atoms with Crippen LogP contribution in [0.1, 0.15) is 5.56 Å². The van der Waals surface area contributed by atoms with Crippen LogP contribution >= 0.6 is 15.9 Å². The number of aromatic nitrogens is 2. The minimum atomic E-state index is -0.324. The van der Waals surface area contributed by atoms with Gasteiger partial charge in [-0.3, -0.25) is 10.1 Å². The molecule has 18 heavy (non-hydrogen) atoms. The fraction of sp³-hybridized carbons (Fsp3) is 0.0833. The van der Waals surface area contributed by atoms with E-state index in [1.54, 1.807) is 24.5 Å². The normalized spacial score (nSPS) is 10.1. The lowest BCUT2D eigenvalue weighted by atomic mass is 10.1. The summed E-state index contributed by atoms with van der Waals surface area (Å²) in [5.41, 5.74) is 0.728. The summed E-state index contributed by atoms with van der Waals surface area (Å²) in [6, 6.07) is 5.77. The van der Waals surface area contributed by atoms with Crippen molar-refractivity contribution in [2.24, 2.45) is 0 Å². The summed E-state index contributed by atoms with van der Waals surface area (Å²) in [6.45, 7) is 0. The first kappa shape index (κ1) is 12.6. The zero-order valence-corrected chi connectivity index (χ0v) is 10.8. The third kappa shape index (κ3) is 3.59. The summed E-state index contributed by atoms with van der Waals surface area (Å²) < 4.78 is 13.4. The topological polar surface area (TPSA) is 54.9 Å². The summed E-state index contributed by atoms with van der Waals surface area (Å²) in [6.07, 6.45) is 3.24. The van der Waals surface area contributed by atoms with Crippen LogP contribution in [0.15, 0.2) is 41.1 Å². The van der Waals surface area contributed by atoms with Crippen molar-refractivity contribution in [1.29, 1.82) is 0 Å². The van der Waals surface area contributed by atoms with Crippen molar-refractivity contribution in [3.05, 3.63) is 52.5 Å². The summed E-state index contributed by atoms with van der Waals surface area (Å²) >= 11 is 3.20. The Balaban J connectivity index is 1.96. The Kier molecular flexibility index (Phi) is 3.99. The predicted molar refractivity (Wildman–Crippen MR) is 68.5 cm³/mol. The third-order valence-corrected chi connectivity index (χ3v) is 2.56. The average Bonchev–Trinajstić information content (AvgIpc) is 2.35. The highest BCUT2D eigenvalue weighted by atomic mass is 79.9. The molecular weight excluding hydrogens is 301 g/mol. The lowest BCUT2D eigenvalue weighted by Crippen LogP contribution is -2.16. The molecule has 0 fully saturated rings. The molecule has 4 nitrogen and oxygen atoms in total. The third-order valence-electron chi connectivity index (χ3n) is 2.15. The fourth-order valence-corrected chi connectivity index (χ4v) is 1.54. The van der Waals surface area contributed by atoms with Crippen molar-refractivity contribution in [1.82, 2.24) is 9.97 Å². The van der Waals surface area contributed by atoms with Crippen molar-refractivity contribution in [2.75, 3.05) is 5.32 Å². The van der Waals surface area contributed by atoms with Crippen LogP contribution in [0.2, 0.25) is 0 Å². The van der Waals surface area contributed by atoms with E-state index in [1.165, 1.54) is 12.1 Å². The Morgan fingerprint density at radius 1 is 1.22 bits per heavy atom. The number of hydrogen-bond donors (Lipinski definition) is 1. The van der Waals surface area contributed by atoms with Crippen molar-refractivity contribution in [3.63, 3.8) is 0 Å². The number of halogens is 2. The molecule has 1 aromatic heterocycles. The Morgan fingerprint density at radius 2 is 1.83 bits per heavy atom. The Labute approximate surface area is 111 Å².